The molecule has 0 saturated heterocycles. The highest BCUT2D eigenvalue weighted by Crippen LogP contribution is 2.08. The van der Waals surface area contributed by atoms with E-state index in [4.69, 9.17) is 0 Å². The first-order chi connectivity index (χ1) is 6.24. The predicted molar refractivity (Wildman–Crippen MR) is 55.8 cm³/mol. The minimum Gasteiger partial charge on any atom is -0.335 e. The van der Waals surface area contributed by atoms with E-state index < -0.39 is 0 Å². The minimum absolute atomic E-state index is 0.535. The molecule has 0 atom stereocenters. The summed E-state index contributed by atoms with van der Waals surface area (Å²) in [6.07, 6.45) is 9.10. The lowest BCUT2D eigenvalue weighted by molar-refractivity contribution is 0.598. The second kappa shape index (κ2) is 5.05. The van der Waals surface area contributed by atoms with Gasteiger partial charge in [-0.25, -0.2) is 4.98 Å². The van der Waals surface area contributed by atoms with E-state index in [9.17, 15) is 0 Å². The summed E-state index contributed by atoms with van der Waals surface area (Å²) in [5, 5.41) is 0. The van der Waals surface area contributed by atoms with Gasteiger partial charge in [0.25, 0.3) is 0 Å². The lowest BCUT2D eigenvalue weighted by Gasteiger charge is -2.03. The van der Waals surface area contributed by atoms with Gasteiger partial charge in [-0.2, -0.15) is 0 Å². The second-order valence-electron chi connectivity index (χ2n) is 3.86. The zero-order valence-corrected chi connectivity index (χ0v) is 8.95. The Morgan fingerprint density at radius 2 is 2.15 bits per heavy atom. The topological polar surface area (TPSA) is 17.8 Å². The number of hydrogen-bond acceptors (Lipinski definition) is 1. The van der Waals surface area contributed by atoms with E-state index in [0.29, 0.717) is 6.04 Å². The molecule has 0 aromatic carbocycles. The van der Waals surface area contributed by atoms with Gasteiger partial charge in [-0.05, 0) is 26.7 Å². The monoisotopic (exact) mass is 180 g/mol. The van der Waals surface area contributed by atoms with Gasteiger partial charge in [0.15, 0.2) is 0 Å². The van der Waals surface area contributed by atoms with Crippen LogP contribution in [0.2, 0.25) is 0 Å². The maximum absolute atomic E-state index is 4.37. The van der Waals surface area contributed by atoms with E-state index in [1.165, 1.54) is 25.0 Å². The van der Waals surface area contributed by atoms with Gasteiger partial charge in [0.2, 0.25) is 0 Å². The van der Waals surface area contributed by atoms with Crippen LogP contribution >= 0.6 is 0 Å². The van der Waals surface area contributed by atoms with Crippen molar-refractivity contribution < 1.29 is 0 Å². The largest absolute Gasteiger partial charge is 0.335 e. The Labute approximate surface area is 81.0 Å². The van der Waals surface area contributed by atoms with Crippen molar-refractivity contribution in [2.45, 2.75) is 52.5 Å². The van der Waals surface area contributed by atoms with Crippen molar-refractivity contribution in [2.24, 2.45) is 0 Å². The Morgan fingerprint density at radius 1 is 1.38 bits per heavy atom. The third-order valence-corrected chi connectivity index (χ3v) is 2.29. The van der Waals surface area contributed by atoms with Crippen molar-refractivity contribution >= 4 is 0 Å². The van der Waals surface area contributed by atoms with Gasteiger partial charge in [-0.15, -0.1) is 0 Å². The lowest BCUT2D eigenvalue weighted by atomic mass is 10.2. The average molecular weight is 180 g/mol. The Balaban J connectivity index is 2.40. The van der Waals surface area contributed by atoms with Crippen molar-refractivity contribution in [2.75, 3.05) is 0 Å². The van der Waals surface area contributed by atoms with Crippen LogP contribution in [0.5, 0.6) is 0 Å². The normalized spacial score (nSPS) is 11.1. The van der Waals surface area contributed by atoms with Crippen LogP contribution in [-0.2, 0) is 6.42 Å². The minimum atomic E-state index is 0.535. The van der Waals surface area contributed by atoms with E-state index >= 15 is 0 Å². The van der Waals surface area contributed by atoms with Crippen molar-refractivity contribution in [1.29, 1.82) is 0 Å². The first-order valence-corrected chi connectivity index (χ1v) is 5.26. The van der Waals surface area contributed by atoms with Crippen molar-refractivity contribution in [3.63, 3.8) is 0 Å². The van der Waals surface area contributed by atoms with Gasteiger partial charge in [0.05, 0.1) is 12.0 Å². The molecule has 2 heteroatoms. The van der Waals surface area contributed by atoms with E-state index in [1.54, 1.807) is 0 Å². The second-order valence-corrected chi connectivity index (χ2v) is 3.86. The highest BCUT2D eigenvalue weighted by molar-refractivity contribution is 4.97. The summed E-state index contributed by atoms with van der Waals surface area (Å²) in [5.74, 6) is 0. The molecule has 0 saturated carbocycles. The summed E-state index contributed by atoms with van der Waals surface area (Å²) in [5.41, 5.74) is 1.24. The van der Waals surface area contributed by atoms with Crippen LogP contribution < -0.4 is 0 Å². The van der Waals surface area contributed by atoms with Crippen LogP contribution in [0.15, 0.2) is 12.5 Å². The van der Waals surface area contributed by atoms with Crippen LogP contribution in [0, 0.1) is 0 Å². The summed E-state index contributed by atoms with van der Waals surface area (Å²) in [6.45, 7) is 6.59. The van der Waals surface area contributed by atoms with Gasteiger partial charge in [-0.1, -0.05) is 19.8 Å². The fourth-order valence-electron chi connectivity index (χ4n) is 1.35. The van der Waals surface area contributed by atoms with Gasteiger partial charge < -0.3 is 4.57 Å². The molecule has 0 fully saturated rings. The molecule has 0 N–H and O–H groups in total. The highest BCUT2D eigenvalue weighted by Gasteiger charge is 2.00. The number of rotatable bonds is 5. The number of unbranched alkanes of at least 4 members (excludes halogenated alkanes) is 2. The SMILES string of the molecule is CCCCCc1cn(C(C)C)cn1. The summed E-state index contributed by atoms with van der Waals surface area (Å²) < 4.78 is 2.17. The van der Waals surface area contributed by atoms with Crippen LogP contribution in [-0.4, -0.2) is 9.55 Å². The fourth-order valence-corrected chi connectivity index (χ4v) is 1.35. The molecule has 0 unspecified atom stereocenters. The highest BCUT2D eigenvalue weighted by atomic mass is 15.0. The molecule has 1 heterocycles. The molecule has 0 spiro atoms. The standard InChI is InChI=1S/C11H20N2/c1-4-5-6-7-11-8-13(9-12-11)10(2)3/h8-10H,4-7H2,1-3H3. The molecule has 2 nitrogen and oxygen atoms in total. The molecule has 1 rings (SSSR count). The number of hydrogen-bond donors (Lipinski definition) is 0. The summed E-state index contributed by atoms with van der Waals surface area (Å²) in [6, 6.07) is 0.535. The van der Waals surface area contributed by atoms with E-state index in [0.717, 1.165) is 6.42 Å². The quantitative estimate of drug-likeness (QED) is 0.636. The summed E-state index contributed by atoms with van der Waals surface area (Å²) in [4.78, 5) is 4.37. The van der Waals surface area contributed by atoms with Crippen molar-refractivity contribution in [3.05, 3.63) is 18.2 Å². The molecule has 0 radical (unpaired) electrons. The first kappa shape index (κ1) is 10.3. The van der Waals surface area contributed by atoms with E-state index in [1.807, 2.05) is 6.33 Å². The van der Waals surface area contributed by atoms with Crippen LogP contribution in [0.25, 0.3) is 0 Å². The Morgan fingerprint density at radius 3 is 2.69 bits per heavy atom. The van der Waals surface area contributed by atoms with Crippen LogP contribution in [0.3, 0.4) is 0 Å². The summed E-state index contributed by atoms with van der Waals surface area (Å²) >= 11 is 0. The molecule has 0 aliphatic rings. The summed E-state index contributed by atoms with van der Waals surface area (Å²) in [7, 11) is 0. The maximum atomic E-state index is 4.37. The average Bonchev–Trinajstić information content (AvgIpc) is 2.53. The van der Waals surface area contributed by atoms with Gasteiger partial charge in [0, 0.05) is 12.2 Å². The van der Waals surface area contributed by atoms with Crippen LogP contribution in [0.4, 0.5) is 0 Å². The molecular weight excluding hydrogens is 160 g/mol. The number of nitrogens with zero attached hydrogens (tertiary/aromatic N) is 2. The smallest absolute Gasteiger partial charge is 0.0951 e. The molecule has 0 amide bonds. The number of imidazole rings is 1. The number of aromatic nitrogens is 2. The third-order valence-electron chi connectivity index (χ3n) is 2.29. The zero-order chi connectivity index (χ0) is 9.68. The van der Waals surface area contributed by atoms with Crippen LogP contribution in [0.1, 0.15) is 51.8 Å². The Hall–Kier alpha value is -0.790. The van der Waals surface area contributed by atoms with Crippen molar-refractivity contribution in [1.82, 2.24) is 9.55 Å². The molecule has 0 aliphatic carbocycles. The van der Waals surface area contributed by atoms with E-state index in [2.05, 4.69) is 36.5 Å². The third kappa shape index (κ3) is 3.21. The van der Waals surface area contributed by atoms with E-state index in [-0.39, 0.29) is 0 Å². The van der Waals surface area contributed by atoms with Gasteiger partial charge in [-0.3, -0.25) is 0 Å². The maximum Gasteiger partial charge on any atom is 0.0951 e. The van der Waals surface area contributed by atoms with Gasteiger partial charge >= 0.3 is 0 Å². The molecule has 1 aromatic rings. The molecular formula is C11H20N2. The fraction of sp³-hybridized carbons (Fsp3) is 0.727. The first-order valence-electron chi connectivity index (χ1n) is 5.26. The van der Waals surface area contributed by atoms with Gasteiger partial charge in [0.1, 0.15) is 0 Å². The Bertz CT molecular complexity index is 238. The molecule has 13 heavy (non-hydrogen) atoms. The Kier molecular flexibility index (Phi) is 4.00. The zero-order valence-electron chi connectivity index (χ0n) is 8.95. The lowest BCUT2D eigenvalue weighted by Crippen LogP contribution is -1.95. The molecule has 74 valence electrons. The van der Waals surface area contributed by atoms with Crippen molar-refractivity contribution in [3.8, 4) is 0 Å². The molecule has 1 aromatic heterocycles. The molecule has 0 bridgehead atoms. The number of aryl methyl sites for hydroxylation is 1. The molecule has 0 aliphatic heterocycles. The predicted octanol–water partition coefficient (Wildman–Crippen LogP) is 3.20.